The summed E-state index contributed by atoms with van der Waals surface area (Å²) in [5.74, 6) is -1.79. The number of sulfone groups is 1. The van der Waals surface area contributed by atoms with Crippen molar-refractivity contribution in [2.45, 2.75) is 18.7 Å². The topological polar surface area (TPSA) is 80.8 Å². The fourth-order valence-corrected chi connectivity index (χ4v) is 5.02. The van der Waals surface area contributed by atoms with Gasteiger partial charge >= 0.3 is 5.97 Å². The number of ether oxygens (including phenoxy) is 1. The van der Waals surface area contributed by atoms with Crippen molar-refractivity contribution in [3.05, 3.63) is 100 Å². The lowest BCUT2D eigenvalue weighted by molar-refractivity contribution is 0.0526. The number of hydrogen-bond acceptors (Lipinski definition) is 6. The lowest BCUT2D eigenvalue weighted by atomic mass is 10.1. The molecular formula is C25H20FNO5S. The van der Waals surface area contributed by atoms with Gasteiger partial charge in [-0.1, -0.05) is 29.8 Å². The average Bonchev–Trinajstić information content (AvgIpc) is 2.79. The minimum absolute atomic E-state index is 0.0688. The third kappa shape index (κ3) is 4.17. The van der Waals surface area contributed by atoms with Crippen molar-refractivity contribution in [3.63, 3.8) is 0 Å². The lowest BCUT2D eigenvalue weighted by Crippen LogP contribution is -2.26. The number of ketones is 1. The summed E-state index contributed by atoms with van der Waals surface area (Å²) in [6.07, 6.45) is 1.19. The lowest BCUT2D eigenvalue weighted by Gasteiger charge is -2.29. The number of hydrogen-bond donors (Lipinski definition) is 0. The second-order valence-corrected chi connectivity index (χ2v) is 9.33. The maximum atomic E-state index is 14.1. The molecule has 0 saturated carbocycles. The number of halogens is 1. The zero-order valence-electron chi connectivity index (χ0n) is 17.9. The van der Waals surface area contributed by atoms with E-state index in [1.165, 1.54) is 23.2 Å². The minimum Gasteiger partial charge on any atom is -0.462 e. The molecule has 33 heavy (non-hydrogen) atoms. The van der Waals surface area contributed by atoms with E-state index in [9.17, 15) is 22.4 Å². The number of benzene rings is 3. The van der Waals surface area contributed by atoms with Crippen molar-refractivity contribution in [1.29, 1.82) is 0 Å². The summed E-state index contributed by atoms with van der Waals surface area (Å²) in [6, 6.07) is 16.0. The van der Waals surface area contributed by atoms with E-state index < -0.39 is 32.3 Å². The van der Waals surface area contributed by atoms with Gasteiger partial charge in [0, 0.05) is 17.5 Å². The van der Waals surface area contributed by atoms with Crippen LogP contribution in [0.3, 0.4) is 0 Å². The van der Waals surface area contributed by atoms with E-state index in [-0.39, 0.29) is 22.8 Å². The number of fused-ring (bicyclic) bond motifs is 1. The molecule has 0 saturated heterocycles. The molecule has 0 aromatic heterocycles. The molecule has 3 aromatic carbocycles. The number of carbonyl (C=O) groups is 2. The normalized spacial score (nSPS) is 14.3. The van der Waals surface area contributed by atoms with Gasteiger partial charge in [-0.2, -0.15) is 0 Å². The smallest absolute Gasteiger partial charge is 0.338 e. The van der Waals surface area contributed by atoms with Gasteiger partial charge in [-0.25, -0.2) is 17.6 Å². The first-order chi connectivity index (χ1) is 15.7. The molecule has 0 N–H and O–H groups in total. The van der Waals surface area contributed by atoms with Crippen LogP contribution in [0, 0.1) is 12.7 Å². The highest BCUT2D eigenvalue weighted by Gasteiger charge is 2.36. The third-order valence-electron chi connectivity index (χ3n) is 5.20. The number of esters is 1. The third-order valence-corrected chi connectivity index (χ3v) is 6.99. The van der Waals surface area contributed by atoms with Crippen LogP contribution >= 0.6 is 0 Å². The SMILES string of the molecule is CCOC(=O)c1ccc(N2C=C(C(=O)c3ccc(C)cc3)S(=O)(=O)c3ccc(F)cc32)cc1. The molecule has 0 aliphatic carbocycles. The first-order valence-electron chi connectivity index (χ1n) is 10.2. The van der Waals surface area contributed by atoms with Gasteiger partial charge in [-0.05, 0) is 56.3 Å². The Morgan fingerprint density at radius 2 is 1.58 bits per heavy atom. The second kappa shape index (κ2) is 8.63. The van der Waals surface area contributed by atoms with Gasteiger partial charge in [-0.3, -0.25) is 4.79 Å². The number of allylic oxidation sites excluding steroid dienone is 1. The summed E-state index contributed by atoms with van der Waals surface area (Å²) in [7, 11) is -4.20. The summed E-state index contributed by atoms with van der Waals surface area (Å²) in [6.45, 7) is 3.78. The Bertz CT molecular complexity index is 1380. The fraction of sp³-hybridized carbons (Fsp3) is 0.120. The summed E-state index contributed by atoms with van der Waals surface area (Å²) >= 11 is 0. The Kier molecular flexibility index (Phi) is 5.86. The minimum atomic E-state index is -4.20. The molecule has 1 aliphatic heterocycles. The zero-order chi connectivity index (χ0) is 23.8. The van der Waals surface area contributed by atoms with Gasteiger partial charge in [0.15, 0.2) is 0 Å². The number of rotatable bonds is 5. The van der Waals surface area contributed by atoms with E-state index in [1.807, 2.05) is 6.92 Å². The molecule has 0 bridgehead atoms. The highest BCUT2D eigenvalue weighted by Crippen LogP contribution is 2.40. The highest BCUT2D eigenvalue weighted by atomic mass is 32.2. The van der Waals surface area contributed by atoms with Gasteiger partial charge in [0.1, 0.15) is 10.7 Å². The molecule has 0 spiro atoms. The first kappa shape index (κ1) is 22.4. The average molecular weight is 466 g/mol. The molecule has 0 unspecified atom stereocenters. The summed E-state index contributed by atoms with van der Waals surface area (Å²) < 4.78 is 45.6. The Hall–Kier alpha value is -3.78. The van der Waals surface area contributed by atoms with Crippen LogP contribution in [0.5, 0.6) is 0 Å². The number of aryl methyl sites for hydroxylation is 1. The Morgan fingerprint density at radius 3 is 2.21 bits per heavy atom. The van der Waals surface area contributed by atoms with Crippen LogP contribution in [-0.2, 0) is 14.6 Å². The fourth-order valence-electron chi connectivity index (χ4n) is 3.49. The quantitative estimate of drug-likeness (QED) is 0.301. The number of nitrogens with zero attached hydrogens (tertiary/aromatic N) is 1. The molecule has 0 radical (unpaired) electrons. The van der Waals surface area contributed by atoms with E-state index in [1.54, 1.807) is 43.3 Å². The second-order valence-electron chi connectivity index (χ2n) is 7.44. The molecule has 168 valence electrons. The van der Waals surface area contributed by atoms with E-state index in [4.69, 9.17) is 4.74 Å². The monoisotopic (exact) mass is 465 g/mol. The van der Waals surface area contributed by atoms with Crippen LogP contribution in [0.2, 0.25) is 0 Å². The van der Waals surface area contributed by atoms with Gasteiger partial charge in [0.25, 0.3) is 0 Å². The van der Waals surface area contributed by atoms with Crippen molar-refractivity contribution in [2.24, 2.45) is 0 Å². The first-order valence-corrected chi connectivity index (χ1v) is 11.6. The van der Waals surface area contributed by atoms with E-state index in [2.05, 4.69) is 0 Å². The number of Topliss-reactive ketones (excluding diaryl/α,β-unsaturated/α-hetero) is 1. The van der Waals surface area contributed by atoms with Crippen LogP contribution in [0.25, 0.3) is 0 Å². The molecule has 1 heterocycles. The highest BCUT2D eigenvalue weighted by molar-refractivity contribution is 7.96. The van der Waals surface area contributed by atoms with Crippen LogP contribution in [0.4, 0.5) is 15.8 Å². The Morgan fingerprint density at radius 1 is 0.939 bits per heavy atom. The summed E-state index contributed by atoms with van der Waals surface area (Å²) in [5.41, 5.74) is 1.97. The molecule has 1 aliphatic rings. The Balaban J connectivity index is 1.85. The van der Waals surface area contributed by atoms with Crippen LogP contribution in [0.15, 0.2) is 82.7 Å². The van der Waals surface area contributed by atoms with Crippen molar-refractivity contribution in [1.82, 2.24) is 0 Å². The summed E-state index contributed by atoms with van der Waals surface area (Å²) in [5, 5.41) is 0. The molecule has 3 aromatic rings. The number of anilines is 2. The number of carbonyl (C=O) groups excluding carboxylic acids is 2. The largest absolute Gasteiger partial charge is 0.462 e. The van der Waals surface area contributed by atoms with Gasteiger partial charge in [0.05, 0.1) is 22.8 Å². The van der Waals surface area contributed by atoms with E-state index in [0.717, 1.165) is 23.8 Å². The van der Waals surface area contributed by atoms with E-state index >= 15 is 0 Å². The molecule has 6 nitrogen and oxygen atoms in total. The summed E-state index contributed by atoms with van der Waals surface area (Å²) in [4.78, 5) is 26.0. The van der Waals surface area contributed by atoms with Crippen molar-refractivity contribution in [3.8, 4) is 0 Å². The van der Waals surface area contributed by atoms with E-state index in [0.29, 0.717) is 11.3 Å². The van der Waals surface area contributed by atoms with Crippen LogP contribution in [-0.4, -0.2) is 26.8 Å². The molecule has 0 amide bonds. The molecule has 8 heteroatoms. The van der Waals surface area contributed by atoms with Crippen LogP contribution in [0.1, 0.15) is 33.2 Å². The maximum absolute atomic E-state index is 14.1. The maximum Gasteiger partial charge on any atom is 0.338 e. The zero-order valence-corrected chi connectivity index (χ0v) is 18.7. The standard InChI is InChI=1S/C25H20FNO5S/c1-3-32-25(29)18-8-11-20(12-9-18)27-15-23(24(28)17-6-4-16(2)5-7-17)33(30,31)22-13-10-19(26)14-21(22)27/h4-15H,3H2,1-2H3. The van der Waals surface area contributed by atoms with Gasteiger partial charge in [0.2, 0.25) is 15.6 Å². The predicted molar refractivity (Wildman–Crippen MR) is 122 cm³/mol. The van der Waals surface area contributed by atoms with Gasteiger partial charge < -0.3 is 9.64 Å². The Labute approximate surface area is 190 Å². The van der Waals surface area contributed by atoms with Gasteiger partial charge in [-0.15, -0.1) is 0 Å². The van der Waals surface area contributed by atoms with Crippen molar-refractivity contribution < 1.29 is 27.1 Å². The molecule has 4 rings (SSSR count). The van der Waals surface area contributed by atoms with Crippen molar-refractivity contribution in [2.75, 3.05) is 11.5 Å². The van der Waals surface area contributed by atoms with Crippen LogP contribution < -0.4 is 4.90 Å². The van der Waals surface area contributed by atoms with Crippen molar-refractivity contribution >= 4 is 33.0 Å². The predicted octanol–water partition coefficient (Wildman–Crippen LogP) is 4.96. The molecule has 0 atom stereocenters. The molecule has 0 fully saturated rings. The molecular weight excluding hydrogens is 445 g/mol.